The van der Waals surface area contributed by atoms with Gasteiger partial charge in [0, 0.05) is 37.3 Å². The van der Waals surface area contributed by atoms with Gasteiger partial charge in [0.2, 0.25) is 0 Å². The fourth-order valence-electron chi connectivity index (χ4n) is 3.96. The van der Waals surface area contributed by atoms with Gasteiger partial charge in [-0.2, -0.15) is 5.10 Å². The SMILES string of the molecule is Cc1nn(C)c(Cl)c1CN(C)CC1CCN(CCc2ccc(Cl)cc2)CC1. The van der Waals surface area contributed by atoms with Crippen molar-refractivity contribution >= 4 is 23.2 Å². The second-order valence-corrected chi connectivity index (χ2v) is 8.63. The summed E-state index contributed by atoms with van der Waals surface area (Å²) in [4.78, 5) is 4.98. The molecule has 1 aliphatic rings. The highest BCUT2D eigenvalue weighted by atomic mass is 35.5. The van der Waals surface area contributed by atoms with Crippen molar-refractivity contribution in [3.05, 3.63) is 51.3 Å². The Morgan fingerprint density at radius 2 is 1.81 bits per heavy atom. The molecule has 0 saturated carbocycles. The van der Waals surface area contributed by atoms with Crippen molar-refractivity contribution in [3.63, 3.8) is 0 Å². The maximum Gasteiger partial charge on any atom is 0.131 e. The van der Waals surface area contributed by atoms with Crippen LogP contribution in [-0.4, -0.2) is 52.8 Å². The number of rotatable bonds is 7. The zero-order valence-corrected chi connectivity index (χ0v) is 18.1. The van der Waals surface area contributed by atoms with Crippen LogP contribution >= 0.6 is 23.2 Å². The molecule has 0 radical (unpaired) electrons. The van der Waals surface area contributed by atoms with Gasteiger partial charge in [0.15, 0.2) is 0 Å². The standard InChI is InChI=1S/C21H30Cl2N4/c1-16-20(21(23)26(3)24-16)15-25(2)14-18-9-12-27(13-10-18)11-8-17-4-6-19(22)7-5-17/h4-7,18H,8-15H2,1-3H3. The first-order valence-electron chi connectivity index (χ1n) is 9.75. The van der Waals surface area contributed by atoms with E-state index in [0.717, 1.165) is 53.4 Å². The molecule has 148 valence electrons. The van der Waals surface area contributed by atoms with Gasteiger partial charge in [-0.1, -0.05) is 35.3 Å². The van der Waals surface area contributed by atoms with E-state index in [2.05, 4.69) is 34.1 Å². The molecular formula is C21H30Cl2N4. The van der Waals surface area contributed by atoms with Crippen molar-refractivity contribution in [1.82, 2.24) is 19.6 Å². The second kappa shape index (κ2) is 9.42. The zero-order chi connectivity index (χ0) is 19.4. The van der Waals surface area contributed by atoms with Crippen molar-refractivity contribution < 1.29 is 0 Å². The molecule has 6 heteroatoms. The number of hydrogen-bond donors (Lipinski definition) is 0. The van der Waals surface area contributed by atoms with E-state index in [0.29, 0.717) is 0 Å². The quantitative estimate of drug-likeness (QED) is 0.677. The lowest BCUT2D eigenvalue weighted by atomic mass is 9.96. The smallest absolute Gasteiger partial charge is 0.131 e. The van der Waals surface area contributed by atoms with E-state index in [1.165, 1.54) is 31.5 Å². The summed E-state index contributed by atoms with van der Waals surface area (Å²) in [5.74, 6) is 0.762. The predicted molar refractivity (Wildman–Crippen MR) is 114 cm³/mol. The van der Waals surface area contributed by atoms with Crippen LogP contribution in [0.25, 0.3) is 0 Å². The Kier molecular flexibility index (Phi) is 7.21. The first kappa shape index (κ1) is 20.7. The molecule has 3 rings (SSSR count). The van der Waals surface area contributed by atoms with Gasteiger partial charge in [-0.15, -0.1) is 0 Å². The maximum absolute atomic E-state index is 6.37. The third kappa shape index (κ3) is 5.71. The summed E-state index contributed by atoms with van der Waals surface area (Å²) in [6.45, 7) is 7.55. The number of hydrogen-bond acceptors (Lipinski definition) is 3. The van der Waals surface area contributed by atoms with Gasteiger partial charge in [-0.05, 0) is 69.9 Å². The summed E-state index contributed by atoms with van der Waals surface area (Å²) in [6, 6.07) is 8.23. The van der Waals surface area contributed by atoms with Gasteiger partial charge >= 0.3 is 0 Å². The van der Waals surface area contributed by atoms with Gasteiger partial charge in [0.05, 0.1) is 5.69 Å². The van der Waals surface area contributed by atoms with Crippen LogP contribution < -0.4 is 0 Å². The highest BCUT2D eigenvalue weighted by molar-refractivity contribution is 6.30. The number of halogens is 2. The molecule has 1 aromatic heterocycles. The zero-order valence-electron chi connectivity index (χ0n) is 16.6. The lowest BCUT2D eigenvalue weighted by Crippen LogP contribution is -2.38. The van der Waals surface area contributed by atoms with E-state index in [1.54, 1.807) is 4.68 Å². The highest BCUT2D eigenvalue weighted by Gasteiger charge is 2.21. The molecule has 0 atom stereocenters. The number of likely N-dealkylation sites (tertiary alicyclic amines) is 1. The van der Waals surface area contributed by atoms with Crippen LogP contribution in [0.2, 0.25) is 10.2 Å². The van der Waals surface area contributed by atoms with E-state index < -0.39 is 0 Å². The Morgan fingerprint density at radius 1 is 1.15 bits per heavy atom. The van der Waals surface area contributed by atoms with Crippen molar-refractivity contribution in [2.45, 2.75) is 32.7 Å². The molecule has 0 spiro atoms. The van der Waals surface area contributed by atoms with E-state index in [4.69, 9.17) is 23.2 Å². The van der Waals surface area contributed by atoms with E-state index in [1.807, 2.05) is 26.1 Å². The number of nitrogens with zero attached hydrogens (tertiary/aromatic N) is 4. The number of aryl methyl sites for hydroxylation is 2. The molecular weight excluding hydrogens is 379 g/mol. The highest BCUT2D eigenvalue weighted by Crippen LogP contribution is 2.23. The summed E-state index contributed by atoms with van der Waals surface area (Å²) in [5, 5.41) is 5.99. The van der Waals surface area contributed by atoms with Crippen LogP contribution in [-0.2, 0) is 20.0 Å². The number of aromatic nitrogens is 2. The molecule has 0 aliphatic carbocycles. The Bertz CT molecular complexity index is 733. The monoisotopic (exact) mass is 408 g/mol. The Balaban J connectivity index is 1.40. The molecule has 0 bridgehead atoms. The molecule has 27 heavy (non-hydrogen) atoms. The van der Waals surface area contributed by atoms with E-state index in [9.17, 15) is 0 Å². The normalized spacial score (nSPS) is 16.4. The van der Waals surface area contributed by atoms with Crippen LogP contribution in [0.15, 0.2) is 24.3 Å². The molecule has 0 N–H and O–H groups in total. The molecule has 1 fully saturated rings. The molecule has 2 heterocycles. The van der Waals surface area contributed by atoms with Crippen molar-refractivity contribution in [2.24, 2.45) is 13.0 Å². The third-order valence-corrected chi connectivity index (χ3v) is 6.33. The minimum absolute atomic E-state index is 0.761. The van der Waals surface area contributed by atoms with Crippen LogP contribution in [0.5, 0.6) is 0 Å². The fourth-order valence-corrected chi connectivity index (χ4v) is 4.32. The van der Waals surface area contributed by atoms with Gasteiger partial charge in [-0.25, -0.2) is 0 Å². The fraction of sp³-hybridized carbons (Fsp3) is 0.571. The van der Waals surface area contributed by atoms with Crippen LogP contribution in [0, 0.1) is 12.8 Å². The van der Waals surface area contributed by atoms with Crippen LogP contribution in [0.4, 0.5) is 0 Å². The summed E-state index contributed by atoms with van der Waals surface area (Å²) in [6.07, 6.45) is 3.63. The molecule has 2 aromatic rings. The summed E-state index contributed by atoms with van der Waals surface area (Å²) in [5.41, 5.74) is 3.55. The van der Waals surface area contributed by atoms with Gasteiger partial charge < -0.3 is 9.80 Å². The lowest BCUT2D eigenvalue weighted by Gasteiger charge is -2.34. The first-order valence-corrected chi connectivity index (χ1v) is 10.5. The van der Waals surface area contributed by atoms with Crippen LogP contribution in [0.1, 0.15) is 29.7 Å². The molecule has 0 unspecified atom stereocenters. The van der Waals surface area contributed by atoms with Crippen molar-refractivity contribution in [2.75, 3.05) is 33.2 Å². The number of benzene rings is 1. The minimum Gasteiger partial charge on any atom is -0.303 e. The van der Waals surface area contributed by atoms with Crippen molar-refractivity contribution in [3.8, 4) is 0 Å². The lowest BCUT2D eigenvalue weighted by molar-refractivity contribution is 0.153. The average molecular weight is 409 g/mol. The average Bonchev–Trinajstić information content (AvgIpc) is 2.88. The maximum atomic E-state index is 6.37. The second-order valence-electron chi connectivity index (χ2n) is 7.84. The molecule has 1 aliphatic heterocycles. The largest absolute Gasteiger partial charge is 0.303 e. The molecule has 1 saturated heterocycles. The molecule has 0 amide bonds. The minimum atomic E-state index is 0.761. The van der Waals surface area contributed by atoms with Gasteiger partial charge in [-0.3, -0.25) is 4.68 Å². The van der Waals surface area contributed by atoms with Gasteiger partial charge in [0.25, 0.3) is 0 Å². The Morgan fingerprint density at radius 3 is 2.41 bits per heavy atom. The van der Waals surface area contributed by atoms with Crippen molar-refractivity contribution in [1.29, 1.82) is 0 Å². The van der Waals surface area contributed by atoms with E-state index >= 15 is 0 Å². The van der Waals surface area contributed by atoms with Crippen LogP contribution in [0.3, 0.4) is 0 Å². The summed E-state index contributed by atoms with van der Waals surface area (Å²) < 4.78 is 1.76. The number of piperidine rings is 1. The van der Waals surface area contributed by atoms with Gasteiger partial charge in [0.1, 0.15) is 5.15 Å². The third-order valence-electron chi connectivity index (χ3n) is 5.60. The molecule has 4 nitrogen and oxygen atoms in total. The molecule has 1 aromatic carbocycles. The van der Waals surface area contributed by atoms with E-state index in [-0.39, 0.29) is 0 Å². The predicted octanol–water partition coefficient (Wildman–Crippen LogP) is 4.42. The summed E-state index contributed by atoms with van der Waals surface area (Å²) in [7, 11) is 4.09. The Labute approximate surface area is 173 Å². The Hall–Kier alpha value is -1.07. The topological polar surface area (TPSA) is 24.3 Å². The summed E-state index contributed by atoms with van der Waals surface area (Å²) >= 11 is 12.3. The first-order chi connectivity index (χ1) is 12.9.